The van der Waals surface area contributed by atoms with Gasteiger partial charge in [0.2, 0.25) is 5.91 Å². The summed E-state index contributed by atoms with van der Waals surface area (Å²) in [7, 11) is 0. The Morgan fingerprint density at radius 2 is 1.63 bits per heavy atom. The first-order valence-electron chi connectivity index (χ1n) is 9.30. The Bertz CT molecular complexity index is 932. The first kappa shape index (κ1) is 16.9. The number of fused-ring (bicyclic) bond motifs is 3. The summed E-state index contributed by atoms with van der Waals surface area (Å²) in [6, 6.07) is 14.9. The van der Waals surface area contributed by atoms with Crippen molar-refractivity contribution in [2.75, 3.05) is 18.0 Å². The van der Waals surface area contributed by atoms with E-state index in [9.17, 15) is 9.59 Å². The van der Waals surface area contributed by atoms with E-state index in [-0.39, 0.29) is 23.8 Å². The van der Waals surface area contributed by atoms with Crippen molar-refractivity contribution in [3.05, 3.63) is 64.7 Å². The van der Waals surface area contributed by atoms with Gasteiger partial charge in [0.1, 0.15) is 6.04 Å². The lowest BCUT2D eigenvalue weighted by atomic mass is 9.90. The number of carbonyl (C=O) groups is 2. The van der Waals surface area contributed by atoms with Crippen LogP contribution in [0, 0.1) is 12.8 Å². The number of hydrazine groups is 1. The van der Waals surface area contributed by atoms with Crippen LogP contribution in [0.5, 0.6) is 0 Å². The monoisotopic (exact) mass is 381 g/mol. The van der Waals surface area contributed by atoms with E-state index in [0.29, 0.717) is 10.7 Å². The van der Waals surface area contributed by atoms with Crippen molar-refractivity contribution in [2.24, 2.45) is 5.92 Å². The summed E-state index contributed by atoms with van der Waals surface area (Å²) in [5.74, 6) is -0.663. The normalized spacial score (nSPS) is 28.1. The molecule has 5 rings (SSSR count). The average molecular weight is 382 g/mol. The number of amides is 2. The molecule has 0 N–H and O–H groups in total. The van der Waals surface area contributed by atoms with Gasteiger partial charge in [0.05, 0.1) is 17.6 Å². The van der Waals surface area contributed by atoms with Crippen molar-refractivity contribution >= 4 is 29.1 Å². The van der Waals surface area contributed by atoms with E-state index in [1.807, 2.05) is 43.3 Å². The molecule has 3 saturated heterocycles. The summed E-state index contributed by atoms with van der Waals surface area (Å²) in [4.78, 5) is 28.1. The van der Waals surface area contributed by atoms with Crippen LogP contribution >= 0.6 is 11.6 Å². The first-order valence-corrected chi connectivity index (χ1v) is 9.68. The Hall–Kier alpha value is -2.21. The standard InChI is InChI=1S/C21H20ClN3O2/c1-13-8-9-15(12-16(13)22)25-20(26)17-18(14-6-3-2-4-7-14)23-10-5-11-24(23)19(17)21(25)27/h2-4,6-9,12,17-19H,5,10-11H2,1H3/t17-,18+,19-/m0/s1. The van der Waals surface area contributed by atoms with Gasteiger partial charge in [-0.05, 0) is 36.6 Å². The molecule has 2 aromatic carbocycles. The predicted octanol–water partition coefficient (Wildman–Crippen LogP) is 3.18. The van der Waals surface area contributed by atoms with Gasteiger partial charge < -0.3 is 0 Å². The van der Waals surface area contributed by atoms with Crippen LogP contribution in [0.2, 0.25) is 5.02 Å². The maximum atomic E-state index is 13.4. The third-order valence-corrected chi connectivity index (χ3v) is 6.37. The lowest BCUT2D eigenvalue weighted by Crippen LogP contribution is -2.44. The molecule has 0 aliphatic carbocycles. The molecule has 0 radical (unpaired) electrons. The molecule has 3 heterocycles. The van der Waals surface area contributed by atoms with E-state index in [0.717, 1.165) is 30.6 Å². The van der Waals surface area contributed by atoms with Crippen LogP contribution in [-0.2, 0) is 9.59 Å². The van der Waals surface area contributed by atoms with Crippen LogP contribution in [0.15, 0.2) is 48.5 Å². The lowest BCUT2D eigenvalue weighted by molar-refractivity contribution is -0.126. The van der Waals surface area contributed by atoms with Crippen molar-refractivity contribution in [2.45, 2.75) is 25.4 Å². The summed E-state index contributed by atoms with van der Waals surface area (Å²) in [5, 5.41) is 4.89. The maximum Gasteiger partial charge on any atom is 0.253 e. The van der Waals surface area contributed by atoms with Gasteiger partial charge in [-0.1, -0.05) is 48.0 Å². The van der Waals surface area contributed by atoms with Gasteiger partial charge in [-0.2, -0.15) is 0 Å². The highest BCUT2D eigenvalue weighted by Crippen LogP contribution is 2.49. The number of aryl methyl sites for hydroxylation is 1. The number of carbonyl (C=O) groups excluding carboxylic acids is 2. The first-order chi connectivity index (χ1) is 13.1. The molecule has 2 aromatic rings. The van der Waals surface area contributed by atoms with Crippen molar-refractivity contribution in [3.8, 4) is 0 Å². The third kappa shape index (κ3) is 2.39. The minimum atomic E-state index is -0.426. The highest BCUT2D eigenvalue weighted by atomic mass is 35.5. The van der Waals surface area contributed by atoms with Crippen molar-refractivity contribution in [3.63, 3.8) is 0 Å². The number of hydrogen-bond acceptors (Lipinski definition) is 4. The Morgan fingerprint density at radius 1 is 0.926 bits per heavy atom. The second kappa shape index (κ2) is 6.16. The number of benzene rings is 2. The van der Waals surface area contributed by atoms with Crippen molar-refractivity contribution in [1.29, 1.82) is 0 Å². The molecular formula is C21H20ClN3O2. The lowest BCUT2D eigenvalue weighted by Gasteiger charge is -2.29. The molecule has 3 fully saturated rings. The zero-order valence-corrected chi connectivity index (χ0v) is 15.8. The zero-order valence-electron chi connectivity index (χ0n) is 15.0. The molecule has 3 aliphatic rings. The van der Waals surface area contributed by atoms with Crippen LogP contribution in [0.1, 0.15) is 23.6 Å². The molecule has 0 saturated carbocycles. The Labute approximate surface area is 163 Å². The fourth-order valence-electron chi connectivity index (χ4n) is 4.74. The van der Waals surface area contributed by atoms with E-state index in [1.165, 1.54) is 4.90 Å². The molecule has 3 aliphatic heterocycles. The quantitative estimate of drug-likeness (QED) is 0.749. The smallest absolute Gasteiger partial charge is 0.253 e. The van der Waals surface area contributed by atoms with Gasteiger partial charge in [0, 0.05) is 18.1 Å². The van der Waals surface area contributed by atoms with E-state index < -0.39 is 6.04 Å². The summed E-state index contributed by atoms with van der Waals surface area (Å²) in [6.07, 6.45) is 1.00. The van der Waals surface area contributed by atoms with Gasteiger partial charge in [0.25, 0.3) is 5.91 Å². The minimum Gasteiger partial charge on any atom is -0.274 e. The molecule has 6 heteroatoms. The predicted molar refractivity (Wildman–Crippen MR) is 103 cm³/mol. The molecular weight excluding hydrogens is 362 g/mol. The molecule has 5 nitrogen and oxygen atoms in total. The number of halogens is 1. The molecule has 3 atom stereocenters. The van der Waals surface area contributed by atoms with Crippen LogP contribution in [0.4, 0.5) is 5.69 Å². The largest absolute Gasteiger partial charge is 0.274 e. The van der Waals surface area contributed by atoms with E-state index in [2.05, 4.69) is 10.0 Å². The summed E-state index contributed by atoms with van der Waals surface area (Å²) in [6.45, 7) is 3.59. The summed E-state index contributed by atoms with van der Waals surface area (Å²) < 4.78 is 0. The maximum absolute atomic E-state index is 13.4. The number of rotatable bonds is 2. The van der Waals surface area contributed by atoms with Crippen LogP contribution < -0.4 is 4.90 Å². The van der Waals surface area contributed by atoms with Crippen LogP contribution in [-0.4, -0.2) is 41.0 Å². The Balaban J connectivity index is 1.59. The third-order valence-electron chi connectivity index (χ3n) is 5.96. The number of nitrogens with zero attached hydrogens (tertiary/aromatic N) is 3. The molecule has 0 aromatic heterocycles. The summed E-state index contributed by atoms with van der Waals surface area (Å²) in [5.41, 5.74) is 2.57. The number of hydrogen-bond donors (Lipinski definition) is 0. The molecule has 27 heavy (non-hydrogen) atoms. The fourth-order valence-corrected chi connectivity index (χ4v) is 4.91. The van der Waals surface area contributed by atoms with Gasteiger partial charge in [-0.3, -0.25) is 9.59 Å². The van der Waals surface area contributed by atoms with Crippen LogP contribution in [0.25, 0.3) is 0 Å². The number of imide groups is 1. The Morgan fingerprint density at radius 3 is 2.33 bits per heavy atom. The SMILES string of the molecule is Cc1ccc(N2C(=O)[C@@H]3[C@@H](C2=O)N2CCCN2[C@@H]3c2ccccc2)cc1Cl. The summed E-state index contributed by atoms with van der Waals surface area (Å²) >= 11 is 6.25. The second-order valence-corrected chi connectivity index (χ2v) is 7.86. The highest BCUT2D eigenvalue weighted by molar-refractivity contribution is 6.32. The molecule has 0 spiro atoms. The van der Waals surface area contributed by atoms with Crippen molar-refractivity contribution in [1.82, 2.24) is 10.0 Å². The second-order valence-electron chi connectivity index (χ2n) is 7.45. The average Bonchev–Trinajstić information content (AvgIpc) is 3.31. The van der Waals surface area contributed by atoms with Crippen molar-refractivity contribution < 1.29 is 9.59 Å². The van der Waals surface area contributed by atoms with E-state index in [1.54, 1.807) is 12.1 Å². The van der Waals surface area contributed by atoms with Gasteiger partial charge in [-0.15, -0.1) is 0 Å². The van der Waals surface area contributed by atoms with Crippen LogP contribution in [0.3, 0.4) is 0 Å². The Kier molecular flexibility index (Phi) is 3.86. The van der Waals surface area contributed by atoms with E-state index >= 15 is 0 Å². The highest BCUT2D eigenvalue weighted by Gasteiger charge is 2.62. The molecule has 2 amide bonds. The van der Waals surface area contributed by atoms with Gasteiger partial charge in [0.15, 0.2) is 0 Å². The molecule has 138 valence electrons. The number of anilines is 1. The minimum absolute atomic E-state index is 0.0962. The van der Waals surface area contributed by atoms with Gasteiger partial charge in [-0.25, -0.2) is 14.9 Å². The van der Waals surface area contributed by atoms with Gasteiger partial charge >= 0.3 is 0 Å². The zero-order chi connectivity index (χ0) is 18.7. The molecule has 0 bridgehead atoms. The van der Waals surface area contributed by atoms with E-state index in [4.69, 9.17) is 11.6 Å². The topological polar surface area (TPSA) is 43.9 Å². The molecule has 0 unspecified atom stereocenters. The fraction of sp³-hybridized carbons (Fsp3) is 0.333.